The van der Waals surface area contributed by atoms with E-state index in [1.54, 1.807) is 12.1 Å². The Morgan fingerprint density at radius 3 is 3.05 bits per heavy atom. The molecule has 114 valence electrons. The second-order valence-electron chi connectivity index (χ2n) is 7.84. The molecule has 0 saturated heterocycles. The Kier molecular flexibility index (Phi) is 1.89. The summed E-state index contributed by atoms with van der Waals surface area (Å²) in [5, 5.41) is 9.85. The van der Waals surface area contributed by atoms with E-state index in [1.807, 2.05) is 12.1 Å². The van der Waals surface area contributed by atoms with Crippen molar-refractivity contribution in [2.45, 2.75) is 31.6 Å². The lowest BCUT2D eigenvalue weighted by Gasteiger charge is -2.42. The maximum absolute atomic E-state index is 12.7. The normalized spacial score (nSPS) is 48.2. The summed E-state index contributed by atoms with van der Waals surface area (Å²) in [7, 11) is 0. The summed E-state index contributed by atoms with van der Waals surface area (Å²) in [6.07, 6.45) is 2.78. The predicted molar refractivity (Wildman–Crippen MR) is 81.5 cm³/mol. The number of esters is 1. The fourth-order valence-electron chi connectivity index (χ4n) is 6.67. The maximum atomic E-state index is 12.7. The SMILES string of the molecule is C=CCOC(=O)[C@]12C(C)[C@H]1C13CC1(C)c1cc(O)ccc1C32. The van der Waals surface area contributed by atoms with Crippen LogP contribution in [0.1, 0.15) is 37.3 Å². The minimum atomic E-state index is -0.316. The van der Waals surface area contributed by atoms with Gasteiger partial charge in [0.05, 0.1) is 5.41 Å². The zero-order valence-corrected chi connectivity index (χ0v) is 12.9. The summed E-state index contributed by atoms with van der Waals surface area (Å²) in [6.45, 7) is 8.42. The Morgan fingerprint density at radius 2 is 2.32 bits per heavy atom. The Morgan fingerprint density at radius 1 is 1.55 bits per heavy atom. The quantitative estimate of drug-likeness (QED) is 0.688. The Bertz CT molecular complexity index is 753. The third-order valence-electron chi connectivity index (χ3n) is 7.38. The Hall–Kier alpha value is -1.77. The van der Waals surface area contributed by atoms with E-state index in [0.717, 1.165) is 6.42 Å². The van der Waals surface area contributed by atoms with Crippen molar-refractivity contribution in [2.75, 3.05) is 6.61 Å². The monoisotopic (exact) mass is 296 g/mol. The molecule has 4 aliphatic rings. The number of fused-ring (bicyclic) bond motifs is 5. The van der Waals surface area contributed by atoms with Gasteiger partial charge in [-0.3, -0.25) is 4.79 Å². The molecule has 0 aliphatic heterocycles. The van der Waals surface area contributed by atoms with Crippen molar-refractivity contribution in [3.8, 4) is 5.75 Å². The first-order chi connectivity index (χ1) is 10.5. The van der Waals surface area contributed by atoms with Gasteiger partial charge in [-0.2, -0.15) is 0 Å². The van der Waals surface area contributed by atoms with Crippen molar-refractivity contribution in [1.82, 2.24) is 0 Å². The van der Waals surface area contributed by atoms with Gasteiger partial charge in [-0.25, -0.2) is 0 Å². The molecule has 3 fully saturated rings. The van der Waals surface area contributed by atoms with Gasteiger partial charge in [0.25, 0.3) is 0 Å². The van der Waals surface area contributed by atoms with Gasteiger partial charge in [-0.15, -0.1) is 0 Å². The zero-order valence-electron chi connectivity index (χ0n) is 12.9. The zero-order chi connectivity index (χ0) is 15.5. The van der Waals surface area contributed by atoms with E-state index in [4.69, 9.17) is 4.74 Å². The standard InChI is InChI=1S/C19H20O3/c1-4-7-22-16(21)19-10(2)14(19)18-9-17(18,3)13-8-11(20)5-6-12(13)15(18)19/h4-6,8,10,14-15,20H,1,7,9H2,2-3H3/t10?,14-,15?,17?,18?,19+/m0/s1. The molecular formula is C19H20O3. The van der Waals surface area contributed by atoms with Crippen molar-refractivity contribution in [3.05, 3.63) is 42.0 Å². The lowest BCUT2D eigenvalue weighted by molar-refractivity contribution is -0.157. The molecule has 5 rings (SSSR count). The van der Waals surface area contributed by atoms with Gasteiger partial charge in [0.2, 0.25) is 0 Å². The Balaban J connectivity index is 1.62. The second kappa shape index (κ2) is 3.27. The van der Waals surface area contributed by atoms with Crippen LogP contribution in [0.4, 0.5) is 0 Å². The molecule has 1 N–H and O–H groups in total. The van der Waals surface area contributed by atoms with Gasteiger partial charge >= 0.3 is 5.97 Å². The van der Waals surface area contributed by atoms with Gasteiger partial charge in [-0.1, -0.05) is 32.6 Å². The number of hydrogen-bond donors (Lipinski definition) is 1. The average molecular weight is 296 g/mol. The molecule has 0 heterocycles. The van der Waals surface area contributed by atoms with E-state index in [-0.39, 0.29) is 28.1 Å². The molecule has 4 unspecified atom stereocenters. The van der Waals surface area contributed by atoms with Crippen LogP contribution >= 0.6 is 0 Å². The highest BCUT2D eigenvalue weighted by atomic mass is 16.5. The van der Waals surface area contributed by atoms with Crippen LogP contribution in [0, 0.1) is 22.7 Å². The van der Waals surface area contributed by atoms with Gasteiger partial charge in [0, 0.05) is 11.3 Å². The van der Waals surface area contributed by atoms with E-state index in [2.05, 4.69) is 20.4 Å². The van der Waals surface area contributed by atoms with Crippen LogP contribution in [0.2, 0.25) is 0 Å². The van der Waals surface area contributed by atoms with Crippen molar-refractivity contribution in [1.29, 1.82) is 0 Å². The number of carbonyl (C=O) groups excluding carboxylic acids is 1. The number of aromatic hydroxyl groups is 1. The minimum absolute atomic E-state index is 0.0456. The largest absolute Gasteiger partial charge is 0.508 e. The van der Waals surface area contributed by atoms with Crippen LogP contribution in [0.25, 0.3) is 0 Å². The summed E-state index contributed by atoms with van der Waals surface area (Å²) in [6, 6.07) is 5.69. The van der Waals surface area contributed by atoms with Crippen LogP contribution in [-0.2, 0) is 14.9 Å². The number of hydrogen-bond acceptors (Lipinski definition) is 3. The minimum Gasteiger partial charge on any atom is -0.508 e. The summed E-state index contributed by atoms with van der Waals surface area (Å²) < 4.78 is 5.45. The number of ether oxygens (including phenoxy) is 1. The van der Waals surface area contributed by atoms with Crippen LogP contribution in [0.3, 0.4) is 0 Å². The molecule has 1 aromatic rings. The molecular weight excluding hydrogens is 276 g/mol. The molecule has 0 aromatic heterocycles. The van der Waals surface area contributed by atoms with Crippen molar-refractivity contribution in [2.24, 2.45) is 22.7 Å². The summed E-state index contributed by atoms with van der Waals surface area (Å²) in [5.41, 5.74) is 2.60. The van der Waals surface area contributed by atoms with E-state index >= 15 is 0 Å². The van der Waals surface area contributed by atoms with E-state index < -0.39 is 0 Å². The molecule has 0 bridgehead atoms. The Labute approximate surface area is 130 Å². The number of rotatable bonds is 3. The van der Waals surface area contributed by atoms with Crippen LogP contribution in [0.5, 0.6) is 5.75 Å². The maximum Gasteiger partial charge on any atom is 0.313 e. The number of phenolic OH excluding ortho intramolecular Hbond substituents is 1. The molecule has 3 nitrogen and oxygen atoms in total. The first-order valence-electron chi connectivity index (χ1n) is 8.07. The molecule has 3 saturated carbocycles. The average Bonchev–Trinajstić information content (AvgIpc) is 3.27. The highest BCUT2D eigenvalue weighted by molar-refractivity contribution is 5.89. The molecule has 6 atom stereocenters. The topological polar surface area (TPSA) is 46.5 Å². The van der Waals surface area contributed by atoms with E-state index in [9.17, 15) is 9.90 Å². The highest BCUT2D eigenvalue weighted by Gasteiger charge is 2.99. The highest BCUT2D eigenvalue weighted by Crippen LogP contribution is 3.01. The molecule has 1 spiro atoms. The molecule has 22 heavy (non-hydrogen) atoms. The third-order valence-corrected chi connectivity index (χ3v) is 7.38. The van der Waals surface area contributed by atoms with Gasteiger partial charge in [-0.05, 0) is 46.9 Å². The van der Waals surface area contributed by atoms with Crippen LogP contribution in [0.15, 0.2) is 30.9 Å². The smallest absolute Gasteiger partial charge is 0.313 e. The fourth-order valence-corrected chi connectivity index (χ4v) is 6.67. The molecule has 0 radical (unpaired) electrons. The van der Waals surface area contributed by atoms with E-state index in [1.165, 1.54) is 11.1 Å². The van der Waals surface area contributed by atoms with Gasteiger partial charge < -0.3 is 9.84 Å². The van der Waals surface area contributed by atoms with Crippen molar-refractivity contribution < 1.29 is 14.6 Å². The lowest BCUT2D eigenvalue weighted by atomic mass is 9.60. The molecule has 0 amide bonds. The first kappa shape index (κ1) is 12.7. The number of benzene rings is 1. The van der Waals surface area contributed by atoms with E-state index in [0.29, 0.717) is 24.2 Å². The first-order valence-corrected chi connectivity index (χ1v) is 8.07. The fraction of sp³-hybridized carbons (Fsp3) is 0.526. The predicted octanol–water partition coefficient (Wildman–Crippen LogP) is 3.13. The summed E-state index contributed by atoms with van der Waals surface area (Å²) >= 11 is 0. The third kappa shape index (κ3) is 0.931. The van der Waals surface area contributed by atoms with Gasteiger partial charge in [0.15, 0.2) is 0 Å². The van der Waals surface area contributed by atoms with Crippen LogP contribution < -0.4 is 0 Å². The molecule has 4 aliphatic carbocycles. The summed E-state index contributed by atoms with van der Waals surface area (Å²) in [5.74, 6) is 1.40. The van der Waals surface area contributed by atoms with Gasteiger partial charge in [0.1, 0.15) is 12.4 Å². The number of carbonyl (C=O) groups is 1. The molecule has 1 aromatic carbocycles. The second-order valence-corrected chi connectivity index (χ2v) is 7.84. The van der Waals surface area contributed by atoms with Crippen molar-refractivity contribution in [3.63, 3.8) is 0 Å². The number of phenols is 1. The van der Waals surface area contributed by atoms with Crippen molar-refractivity contribution >= 4 is 5.97 Å². The van der Waals surface area contributed by atoms with Crippen LogP contribution in [-0.4, -0.2) is 17.7 Å². The molecule has 3 heteroatoms. The summed E-state index contributed by atoms with van der Waals surface area (Å²) in [4.78, 5) is 12.7. The lowest BCUT2D eigenvalue weighted by Crippen LogP contribution is -2.44.